The Hall–Kier alpha value is -2.59. The number of ether oxygens (including phenoxy) is 1. The predicted molar refractivity (Wildman–Crippen MR) is 98.8 cm³/mol. The van der Waals surface area contributed by atoms with E-state index in [1.54, 1.807) is 0 Å². The zero-order valence-electron chi connectivity index (χ0n) is 19.2. The Bertz CT molecular complexity index is 1030. The van der Waals surface area contributed by atoms with Gasteiger partial charge in [-0.05, 0) is 54.9 Å². The van der Waals surface area contributed by atoms with Crippen LogP contribution >= 0.6 is 0 Å². The van der Waals surface area contributed by atoms with Crippen LogP contribution in [0.2, 0.25) is 0 Å². The van der Waals surface area contributed by atoms with Gasteiger partial charge in [0.2, 0.25) is 0 Å². The van der Waals surface area contributed by atoms with Gasteiger partial charge in [-0.25, -0.2) is 0 Å². The zero-order valence-corrected chi connectivity index (χ0v) is 14.2. The number of benzene rings is 2. The minimum absolute atomic E-state index is 0.00208. The van der Waals surface area contributed by atoms with E-state index in [0.717, 1.165) is 17.7 Å². The zero-order chi connectivity index (χ0) is 22.2. The van der Waals surface area contributed by atoms with Gasteiger partial charge in [-0.3, -0.25) is 4.79 Å². The van der Waals surface area contributed by atoms with Gasteiger partial charge in [0, 0.05) is 14.8 Å². The molecule has 0 bridgehead atoms. The van der Waals surface area contributed by atoms with Crippen LogP contribution < -0.4 is 4.74 Å². The van der Waals surface area contributed by atoms with Crippen molar-refractivity contribution in [1.29, 1.82) is 0 Å². The summed E-state index contributed by atoms with van der Waals surface area (Å²) in [6.07, 6.45) is -0.472. The van der Waals surface area contributed by atoms with Crippen LogP contribution in [0.15, 0.2) is 48.5 Å². The van der Waals surface area contributed by atoms with Crippen molar-refractivity contribution in [2.24, 2.45) is 0 Å². The summed E-state index contributed by atoms with van der Waals surface area (Å²) in [5, 5.41) is 9.37. The normalized spacial score (nSPS) is 18.0. The van der Waals surface area contributed by atoms with Crippen molar-refractivity contribution in [1.82, 2.24) is 4.90 Å². The first-order chi connectivity index (χ1) is 14.1. The Morgan fingerprint density at radius 2 is 2.16 bits per heavy atom. The van der Waals surface area contributed by atoms with E-state index in [9.17, 15) is 9.90 Å². The van der Waals surface area contributed by atoms with Crippen molar-refractivity contribution in [3.05, 3.63) is 70.7 Å². The Kier molecular flexibility index (Phi) is 3.58. The van der Waals surface area contributed by atoms with E-state index in [1.807, 2.05) is 49.3 Å². The van der Waals surface area contributed by atoms with E-state index >= 15 is 0 Å². The van der Waals surface area contributed by atoms with Crippen LogP contribution in [0, 0.1) is 0 Å². The minimum Gasteiger partial charge on any atom is -0.488 e. The number of fused-ring (bicyclic) bond motifs is 2. The molecule has 1 heterocycles. The molecule has 0 amide bonds. The second-order valence-corrected chi connectivity index (χ2v) is 6.04. The topological polar surface area (TPSA) is 49.8 Å². The first-order valence-corrected chi connectivity index (χ1v) is 8.01. The molecule has 0 unspecified atom stereocenters. The Balaban J connectivity index is 2.36. The van der Waals surface area contributed by atoms with E-state index in [0.29, 0.717) is 12.0 Å². The van der Waals surface area contributed by atoms with Gasteiger partial charge in [0.1, 0.15) is 12.4 Å². The summed E-state index contributed by atoms with van der Waals surface area (Å²) >= 11 is 0. The van der Waals surface area contributed by atoms with Crippen LogP contribution in [0.5, 0.6) is 5.75 Å². The lowest BCUT2D eigenvalue weighted by Gasteiger charge is -2.13. The Morgan fingerprint density at radius 1 is 1.36 bits per heavy atom. The fraction of sp³-hybridized carbons (Fsp3) is 0.286. The van der Waals surface area contributed by atoms with E-state index in [4.69, 9.17) is 11.6 Å². The van der Waals surface area contributed by atoms with Crippen molar-refractivity contribution in [3.8, 4) is 5.75 Å². The van der Waals surface area contributed by atoms with Crippen molar-refractivity contribution in [3.63, 3.8) is 0 Å². The number of hydrogen-bond donors (Lipinski definition) is 1. The van der Waals surface area contributed by atoms with Crippen molar-refractivity contribution >= 4 is 11.5 Å². The maximum atomic E-state index is 11.5. The van der Waals surface area contributed by atoms with Gasteiger partial charge in [0.05, 0.1) is 10.5 Å². The smallest absolute Gasteiger partial charge is 0.307 e. The predicted octanol–water partition coefficient (Wildman–Crippen LogP) is 3.59. The molecule has 2 aromatic carbocycles. The second-order valence-electron chi connectivity index (χ2n) is 6.04. The standard InChI is InChI=1S/C21H23NO3/c1-22(2)11-5-8-18-17-7-4-3-6-16(17)14-25-20-10-9-15(12-19(18)20)13-21(23)24/h3-4,6-10,12H,5,11,13-14H2,1-2H3,(H,23,24)/b18-8-/i9D,10D,12D,13D2. The molecular weight excluding hydrogens is 314 g/mol. The molecule has 3 rings (SSSR count). The monoisotopic (exact) mass is 342 g/mol. The highest BCUT2D eigenvalue weighted by molar-refractivity contribution is 5.85. The molecule has 4 heteroatoms. The maximum Gasteiger partial charge on any atom is 0.307 e. The highest BCUT2D eigenvalue weighted by Gasteiger charge is 2.19. The van der Waals surface area contributed by atoms with Crippen LogP contribution in [-0.2, 0) is 17.8 Å². The van der Waals surface area contributed by atoms with Crippen LogP contribution in [0.3, 0.4) is 0 Å². The SMILES string of the molecule is [2H]c1c([2H])c(C([2H])([2H])C(=O)O)c([2H])c2c1OCc1ccccc1/C2=C/CCN(C)C. The molecule has 0 aromatic heterocycles. The molecule has 0 saturated carbocycles. The average molecular weight is 342 g/mol. The van der Waals surface area contributed by atoms with Gasteiger partial charge in [-0.15, -0.1) is 0 Å². The highest BCUT2D eigenvalue weighted by Crippen LogP contribution is 2.37. The number of carboxylic acids is 1. The van der Waals surface area contributed by atoms with Crippen LogP contribution in [-0.4, -0.2) is 36.6 Å². The van der Waals surface area contributed by atoms with Crippen LogP contribution in [0.25, 0.3) is 5.57 Å². The van der Waals surface area contributed by atoms with E-state index < -0.39 is 36.0 Å². The van der Waals surface area contributed by atoms with E-state index in [2.05, 4.69) is 0 Å². The molecule has 0 atom stereocenters. The van der Waals surface area contributed by atoms with E-state index in [1.165, 1.54) is 0 Å². The van der Waals surface area contributed by atoms with Gasteiger partial charge in [-0.2, -0.15) is 0 Å². The fourth-order valence-electron chi connectivity index (χ4n) is 2.73. The third kappa shape index (κ3) is 4.09. The molecule has 1 aliphatic rings. The summed E-state index contributed by atoms with van der Waals surface area (Å²) in [6.45, 7) is 0.854. The lowest BCUT2D eigenvalue weighted by atomic mass is 9.92. The largest absolute Gasteiger partial charge is 0.488 e. The molecule has 1 aliphatic heterocycles. The first-order valence-electron chi connectivity index (χ1n) is 10.5. The molecular formula is C21H23NO3. The number of hydrogen-bond acceptors (Lipinski definition) is 3. The first kappa shape index (κ1) is 11.9. The second kappa shape index (κ2) is 7.53. The Labute approximate surface area is 155 Å². The summed E-state index contributed by atoms with van der Waals surface area (Å²) in [6, 6.07) is 5.91. The number of aliphatic carboxylic acids is 1. The van der Waals surface area contributed by atoms with Crippen molar-refractivity contribution < 1.29 is 21.5 Å². The molecule has 0 saturated heterocycles. The fourth-order valence-corrected chi connectivity index (χ4v) is 2.73. The Morgan fingerprint density at radius 3 is 2.92 bits per heavy atom. The molecule has 0 spiro atoms. The molecule has 130 valence electrons. The summed E-state index contributed by atoms with van der Waals surface area (Å²) in [7, 11) is 3.86. The number of carbonyl (C=O) groups is 1. The lowest BCUT2D eigenvalue weighted by Crippen LogP contribution is -2.12. The molecule has 25 heavy (non-hydrogen) atoms. The van der Waals surface area contributed by atoms with E-state index in [-0.39, 0.29) is 17.9 Å². The van der Waals surface area contributed by atoms with Gasteiger partial charge in [0.25, 0.3) is 0 Å². The van der Waals surface area contributed by atoms with Crippen LogP contribution in [0.1, 0.15) is 35.5 Å². The molecule has 0 radical (unpaired) electrons. The molecule has 0 aliphatic carbocycles. The van der Waals surface area contributed by atoms with Gasteiger partial charge in [-0.1, -0.05) is 36.4 Å². The summed E-state index contributed by atoms with van der Waals surface area (Å²) in [5.74, 6) is -1.81. The van der Waals surface area contributed by atoms with Gasteiger partial charge >= 0.3 is 5.97 Å². The van der Waals surface area contributed by atoms with Gasteiger partial charge in [0.15, 0.2) is 0 Å². The number of carboxylic acid groups (broad SMARTS) is 1. The lowest BCUT2D eigenvalue weighted by molar-refractivity contribution is -0.136. The maximum absolute atomic E-state index is 11.5. The number of nitrogens with zero attached hydrogens (tertiary/aromatic N) is 1. The minimum atomic E-state index is -2.99. The third-order valence-corrected chi connectivity index (χ3v) is 3.88. The molecule has 0 fully saturated rings. The number of rotatable bonds is 5. The van der Waals surface area contributed by atoms with Crippen molar-refractivity contribution in [2.75, 3.05) is 20.6 Å². The molecule has 4 nitrogen and oxygen atoms in total. The summed E-state index contributed by atoms with van der Waals surface area (Å²) in [5.41, 5.74) is 1.71. The average Bonchev–Trinajstić information content (AvgIpc) is 2.83. The van der Waals surface area contributed by atoms with Gasteiger partial charge < -0.3 is 14.7 Å². The summed E-state index contributed by atoms with van der Waals surface area (Å²) < 4.78 is 47.0. The molecule has 1 N–H and O–H groups in total. The third-order valence-electron chi connectivity index (χ3n) is 3.88. The quantitative estimate of drug-likeness (QED) is 0.902. The van der Waals surface area contributed by atoms with Crippen LogP contribution in [0.4, 0.5) is 0 Å². The molecule has 2 aromatic rings. The van der Waals surface area contributed by atoms with Crippen molar-refractivity contribution in [2.45, 2.75) is 19.4 Å². The summed E-state index contributed by atoms with van der Waals surface area (Å²) in [4.78, 5) is 13.5. The highest BCUT2D eigenvalue weighted by atomic mass is 16.5.